The van der Waals surface area contributed by atoms with Gasteiger partial charge in [0.05, 0.1) is 23.8 Å². The Bertz CT molecular complexity index is 1460. The van der Waals surface area contributed by atoms with Crippen LogP contribution in [0.25, 0.3) is 0 Å². The number of fused-ring (bicyclic) bond motifs is 1. The van der Waals surface area contributed by atoms with Crippen LogP contribution in [0.15, 0.2) is 115 Å². The molecule has 0 N–H and O–H groups in total. The molecule has 0 bridgehead atoms. The standard InChI is InChI=1S/C31H24N2O5/c34-29-26-27(22-16-18-25(19-17-22)37-31(36)23-12-6-2-7-13-23)33(24-14-8-3-9-15-24)38-28(26)30(35)32(29)20-21-10-4-1-5-11-21/h1-19,26-28H,20H2. The molecule has 3 atom stereocenters. The quantitative estimate of drug-likeness (QED) is 0.210. The van der Waals surface area contributed by atoms with Gasteiger partial charge in [0.25, 0.3) is 5.91 Å². The first-order valence-electron chi connectivity index (χ1n) is 12.4. The van der Waals surface area contributed by atoms with Crippen molar-refractivity contribution in [2.75, 3.05) is 5.06 Å². The summed E-state index contributed by atoms with van der Waals surface area (Å²) in [7, 11) is 0. The van der Waals surface area contributed by atoms with Crippen LogP contribution in [-0.4, -0.2) is 28.8 Å². The molecule has 2 aliphatic rings. The topological polar surface area (TPSA) is 76.2 Å². The van der Waals surface area contributed by atoms with Crippen molar-refractivity contribution in [1.82, 2.24) is 4.90 Å². The minimum Gasteiger partial charge on any atom is -0.423 e. The Morgan fingerprint density at radius 2 is 1.34 bits per heavy atom. The lowest BCUT2D eigenvalue weighted by Gasteiger charge is -2.28. The lowest BCUT2D eigenvalue weighted by molar-refractivity contribution is -0.143. The first-order valence-corrected chi connectivity index (χ1v) is 12.4. The summed E-state index contributed by atoms with van der Waals surface area (Å²) in [6, 6.07) is 34.0. The number of rotatable bonds is 6. The fourth-order valence-electron chi connectivity index (χ4n) is 5.00. The Labute approximate surface area is 219 Å². The number of hydrogen-bond donors (Lipinski definition) is 0. The molecular formula is C31H24N2O5. The summed E-state index contributed by atoms with van der Waals surface area (Å²) in [5.41, 5.74) is 2.83. The lowest BCUT2D eigenvalue weighted by Crippen LogP contribution is -2.36. The first kappa shape index (κ1) is 23.6. The highest BCUT2D eigenvalue weighted by atomic mass is 16.7. The van der Waals surface area contributed by atoms with E-state index in [4.69, 9.17) is 9.57 Å². The van der Waals surface area contributed by atoms with Crippen LogP contribution in [-0.2, 0) is 21.0 Å². The fourth-order valence-corrected chi connectivity index (χ4v) is 5.00. The molecule has 0 saturated carbocycles. The van der Waals surface area contributed by atoms with Gasteiger partial charge in [0.1, 0.15) is 11.7 Å². The van der Waals surface area contributed by atoms with Crippen LogP contribution >= 0.6 is 0 Å². The van der Waals surface area contributed by atoms with E-state index in [-0.39, 0.29) is 18.4 Å². The lowest BCUT2D eigenvalue weighted by atomic mass is 9.90. The molecule has 2 amide bonds. The highest BCUT2D eigenvalue weighted by Gasteiger charge is 2.59. The molecular weight excluding hydrogens is 480 g/mol. The molecule has 0 spiro atoms. The molecule has 38 heavy (non-hydrogen) atoms. The summed E-state index contributed by atoms with van der Waals surface area (Å²) in [6.45, 7) is 0.196. The van der Waals surface area contributed by atoms with Crippen LogP contribution in [0.2, 0.25) is 0 Å². The van der Waals surface area contributed by atoms with Crippen molar-refractivity contribution in [3.05, 3.63) is 132 Å². The van der Waals surface area contributed by atoms with Gasteiger partial charge in [0, 0.05) is 0 Å². The Balaban J connectivity index is 1.29. The molecule has 188 valence electrons. The summed E-state index contributed by atoms with van der Waals surface area (Å²) in [5.74, 6) is -1.41. The monoisotopic (exact) mass is 504 g/mol. The van der Waals surface area contributed by atoms with Gasteiger partial charge in [-0.1, -0.05) is 78.9 Å². The number of hydroxylamine groups is 1. The van der Waals surface area contributed by atoms with Crippen molar-refractivity contribution < 1.29 is 24.0 Å². The maximum absolute atomic E-state index is 13.7. The van der Waals surface area contributed by atoms with Gasteiger partial charge in [-0.2, -0.15) is 0 Å². The maximum atomic E-state index is 13.7. The van der Waals surface area contributed by atoms with Crippen LogP contribution in [0.1, 0.15) is 27.5 Å². The molecule has 4 aromatic rings. The normalized spacial score (nSPS) is 20.5. The zero-order valence-electron chi connectivity index (χ0n) is 20.3. The Morgan fingerprint density at radius 1 is 0.737 bits per heavy atom. The van der Waals surface area contributed by atoms with Gasteiger partial charge < -0.3 is 4.74 Å². The van der Waals surface area contributed by atoms with E-state index in [1.807, 2.05) is 66.7 Å². The SMILES string of the molecule is O=C(Oc1ccc(C2C3C(=O)N(Cc4ccccc4)C(=O)C3ON2c2ccccc2)cc1)c1ccccc1. The fraction of sp³-hybridized carbons (Fsp3) is 0.129. The van der Waals surface area contributed by atoms with Gasteiger partial charge in [0.2, 0.25) is 5.91 Å². The number of para-hydroxylation sites is 1. The summed E-state index contributed by atoms with van der Waals surface area (Å²) in [4.78, 5) is 47.0. The number of carbonyl (C=O) groups is 3. The molecule has 0 aliphatic carbocycles. The number of nitrogens with zero attached hydrogens (tertiary/aromatic N) is 2. The number of carbonyl (C=O) groups excluding carboxylic acids is 3. The molecule has 0 radical (unpaired) electrons. The molecule has 2 saturated heterocycles. The molecule has 3 unspecified atom stereocenters. The van der Waals surface area contributed by atoms with E-state index in [9.17, 15) is 14.4 Å². The van der Waals surface area contributed by atoms with Gasteiger partial charge >= 0.3 is 5.97 Å². The van der Waals surface area contributed by atoms with Crippen LogP contribution in [0, 0.1) is 5.92 Å². The number of amides is 2. The number of ether oxygens (including phenoxy) is 1. The third-order valence-corrected chi connectivity index (χ3v) is 6.84. The summed E-state index contributed by atoms with van der Waals surface area (Å²) in [6.07, 6.45) is -0.924. The van der Waals surface area contributed by atoms with E-state index < -0.39 is 24.0 Å². The second-order valence-electron chi connectivity index (χ2n) is 9.23. The highest BCUT2D eigenvalue weighted by molar-refractivity contribution is 6.07. The van der Waals surface area contributed by atoms with Crippen molar-refractivity contribution >= 4 is 23.5 Å². The first-order chi connectivity index (χ1) is 18.6. The third kappa shape index (κ3) is 4.33. The number of benzene rings is 4. The van der Waals surface area contributed by atoms with E-state index in [1.54, 1.807) is 53.6 Å². The average Bonchev–Trinajstić information content (AvgIpc) is 3.47. The van der Waals surface area contributed by atoms with Gasteiger partial charge in [-0.05, 0) is 47.5 Å². The van der Waals surface area contributed by atoms with E-state index in [0.717, 1.165) is 16.8 Å². The highest BCUT2D eigenvalue weighted by Crippen LogP contribution is 2.47. The van der Waals surface area contributed by atoms with E-state index in [0.29, 0.717) is 11.3 Å². The zero-order valence-corrected chi connectivity index (χ0v) is 20.3. The molecule has 7 nitrogen and oxygen atoms in total. The van der Waals surface area contributed by atoms with Crippen molar-refractivity contribution in [1.29, 1.82) is 0 Å². The van der Waals surface area contributed by atoms with Gasteiger partial charge in [-0.3, -0.25) is 19.3 Å². The van der Waals surface area contributed by atoms with Crippen molar-refractivity contribution in [3.63, 3.8) is 0 Å². The number of imide groups is 1. The average molecular weight is 505 g/mol. The van der Waals surface area contributed by atoms with Gasteiger partial charge in [-0.15, -0.1) is 0 Å². The molecule has 2 aliphatic heterocycles. The van der Waals surface area contributed by atoms with Crippen LogP contribution in [0.3, 0.4) is 0 Å². The molecule has 6 rings (SSSR count). The molecule has 2 fully saturated rings. The maximum Gasteiger partial charge on any atom is 0.343 e. The van der Waals surface area contributed by atoms with E-state index in [2.05, 4.69) is 0 Å². The van der Waals surface area contributed by atoms with Crippen molar-refractivity contribution in [2.45, 2.75) is 18.7 Å². The molecule has 4 aromatic carbocycles. The van der Waals surface area contributed by atoms with Crippen molar-refractivity contribution in [3.8, 4) is 5.75 Å². The number of hydrogen-bond acceptors (Lipinski definition) is 6. The smallest absolute Gasteiger partial charge is 0.343 e. The number of esters is 1. The zero-order chi connectivity index (χ0) is 26.1. The minimum absolute atomic E-state index is 0.196. The number of anilines is 1. The Morgan fingerprint density at radius 3 is 2.00 bits per heavy atom. The predicted molar refractivity (Wildman–Crippen MR) is 140 cm³/mol. The second kappa shape index (κ2) is 9.95. The molecule has 0 aromatic heterocycles. The van der Waals surface area contributed by atoms with Crippen LogP contribution < -0.4 is 9.80 Å². The minimum atomic E-state index is -0.924. The Kier molecular flexibility index (Phi) is 6.19. The van der Waals surface area contributed by atoms with Gasteiger partial charge in [-0.25, -0.2) is 9.86 Å². The van der Waals surface area contributed by atoms with E-state index in [1.165, 1.54) is 4.90 Å². The van der Waals surface area contributed by atoms with Crippen molar-refractivity contribution in [2.24, 2.45) is 5.92 Å². The number of likely N-dealkylation sites (tertiary alicyclic amines) is 1. The summed E-state index contributed by atoms with van der Waals surface area (Å²) in [5, 5.41) is 1.65. The van der Waals surface area contributed by atoms with Gasteiger partial charge in [0.15, 0.2) is 6.10 Å². The van der Waals surface area contributed by atoms with E-state index >= 15 is 0 Å². The Hall–Kier alpha value is -4.75. The second-order valence-corrected chi connectivity index (χ2v) is 9.23. The van der Waals surface area contributed by atoms with Crippen LogP contribution in [0.4, 0.5) is 5.69 Å². The molecule has 2 heterocycles. The van der Waals surface area contributed by atoms with Crippen LogP contribution in [0.5, 0.6) is 5.75 Å². The summed E-state index contributed by atoms with van der Waals surface area (Å²) < 4.78 is 5.52. The predicted octanol–water partition coefficient (Wildman–Crippen LogP) is 4.95. The largest absolute Gasteiger partial charge is 0.423 e. The molecule has 7 heteroatoms. The summed E-state index contributed by atoms with van der Waals surface area (Å²) >= 11 is 0. The third-order valence-electron chi connectivity index (χ3n) is 6.84.